The lowest BCUT2D eigenvalue weighted by atomic mass is 10.1. The molecule has 0 radical (unpaired) electrons. The topological polar surface area (TPSA) is 106 Å². The highest BCUT2D eigenvalue weighted by atomic mass is 16.5. The minimum Gasteiger partial charge on any atom is -0.490 e. The van der Waals surface area contributed by atoms with Crippen LogP contribution in [0.15, 0.2) is 59.9 Å². The zero-order chi connectivity index (χ0) is 24.9. The van der Waals surface area contributed by atoms with Crippen LogP contribution in [0.25, 0.3) is 17.1 Å². The lowest BCUT2D eigenvalue weighted by molar-refractivity contribution is -0.139. The van der Waals surface area contributed by atoms with Gasteiger partial charge in [-0.2, -0.15) is 0 Å². The Balaban J connectivity index is 1.67. The van der Waals surface area contributed by atoms with Crippen LogP contribution in [-0.2, 0) is 19.1 Å². The number of hydrogen-bond acceptors (Lipinski definition) is 8. The molecule has 0 unspecified atom stereocenters. The van der Waals surface area contributed by atoms with E-state index >= 15 is 0 Å². The van der Waals surface area contributed by atoms with Gasteiger partial charge >= 0.3 is 5.97 Å². The van der Waals surface area contributed by atoms with Gasteiger partial charge in [0.1, 0.15) is 18.0 Å². The fraction of sp³-hybridized carbons (Fsp3) is 0.269. The Bertz CT molecular complexity index is 1320. The van der Waals surface area contributed by atoms with Crippen LogP contribution in [0.2, 0.25) is 0 Å². The van der Waals surface area contributed by atoms with E-state index in [1.165, 1.54) is 0 Å². The maximum atomic E-state index is 13.2. The number of aromatic amines is 1. The minimum absolute atomic E-state index is 0.000945. The van der Waals surface area contributed by atoms with Crippen molar-refractivity contribution in [3.63, 3.8) is 0 Å². The molecular weight excluding hydrogens is 448 g/mol. The third-order valence-corrected chi connectivity index (χ3v) is 5.32. The molecule has 2 aromatic heterocycles. The summed E-state index contributed by atoms with van der Waals surface area (Å²) >= 11 is 0. The Kier molecular flexibility index (Phi) is 7.17. The van der Waals surface area contributed by atoms with Crippen LogP contribution in [0.3, 0.4) is 0 Å². The number of rotatable bonds is 9. The minimum atomic E-state index is -0.758. The maximum absolute atomic E-state index is 13.2. The number of anilines is 1. The van der Waals surface area contributed by atoms with E-state index in [0.717, 1.165) is 17.5 Å². The van der Waals surface area contributed by atoms with Gasteiger partial charge in [0.05, 0.1) is 12.3 Å². The number of esters is 1. The predicted molar refractivity (Wildman–Crippen MR) is 133 cm³/mol. The van der Waals surface area contributed by atoms with Crippen molar-refractivity contribution >= 4 is 34.5 Å². The molecule has 182 valence electrons. The number of H-pyrrole nitrogens is 1. The SMILES string of the molecule is CCOC(=O)C1=C(Nc2ccc(C)cc2OCCN(C)C)O/C(=C\c2c[nH]c3ncccc23)C1=O. The first kappa shape index (κ1) is 24.0. The predicted octanol–water partition coefficient (Wildman–Crippen LogP) is 3.64. The number of nitrogens with one attached hydrogen (secondary N) is 2. The smallest absolute Gasteiger partial charge is 0.347 e. The third kappa shape index (κ3) is 5.36. The van der Waals surface area contributed by atoms with Crippen molar-refractivity contribution in [3.05, 3.63) is 71.1 Å². The monoisotopic (exact) mass is 476 g/mol. The number of hydrogen-bond donors (Lipinski definition) is 2. The summed E-state index contributed by atoms with van der Waals surface area (Å²) in [6, 6.07) is 9.29. The number of benzene rings is 1. The number of Topliss-reactive ketones (excluding diaryl/α,β-unsaturated/α-hetero) is 1. The standard InChI is InChI=1S/C26H28N4O5/c1-5-33-26(32)22-23(31)21(14-17-15-28-24-18(17)7-6-10-27-24)35-25(22)29-19-9-8-16(2)13-20(19)34-12-11-30(3)4/h6-10,13-15,29H,5,11-12H2,1-4H3,(H,27,28)/b21-14-. The fourth-order valence-corrected chi connectivity index (χ4v) is 3.56. The van der Waals surface area contributed by atoms with E-state index in [1.807, 2.05) is 50.2 Å². The summed E-state index contributed by atoms with van der Waals surface area (Å²) in [7, 11) is 3.93. The number of aryl methyl sites for hydroxylation is 1. The van der Waals surface area contributed by atoms with E-state index in [-0.39, 0.29) is 23.8 Å². The number of aromatic nitrogens is 2. The van der Waals surface area contributed by atoms with Crippen LogP contribution in [-0.4, -0.2) is 60.5 Å². The van der Waals surface area contributed by atoms with Crippen molar-refractivity contribution in [1.82, 2.24) is 14.9 Å². The number of carbonyl (C=O) groups is 2. The van der Waals surface area contributed by atoms with Gasteiger partial charge in [0.2, 0.25) is 11.7 Å². The molecule has 1 aliphatic heterocycles. The summed E-state index contributed by atoms with van der Waals surface area (Å²) in [4.78, 5) is 35.3. The van der Waals surface area contributed by atoms with Gasteiger partial charge in [-0.05, 0) is 63.8 Å². The van der Waals surface area contributed by atoms with Gasteiger partial charge in [0.25, 0.3) is 0 Å². The molecule has 3 aromatic rings. The summed E-state index contributed by atoms with van der Waals surface area (Å²) in [6.07, 6.45) is 4.99. The lowest BCUT2D eigenvalue weighted by Crippen LogP contribution is -2.20. The van der Waals surface area contributed by atoms with Crippen LogP contribution in [0.4, 0.5) is 5.69 Å². The molecule has 2 N–H and O–H groups in total. The molecule has 0 fully saturated rings. The Morgan fingerprint density at radius 2 is 2.11 bits per heavy atom. The maximum Gasteiger partial charge on any atom is 0.347 e. The normalized spacial score (nSPS) is 14.7. The number of allylic oxidation sites excluding steroid dienone is 1. The van der Waals surface area contributed by atoms with Gasteiger partial charge < -0.3 is 29.4 Å². The van der Waals surface area contributed by atoms with Crippen molar-refractivity contribution in [1.29, 1.82) is 0 Å². The van der Waals surface area contributed by atoms with Gasteiger partial charge in [-0.15, -0.1) is 0 Å². The second-order valence-electron chi connectivity index (χ2n) is 8.28. The third-order valence-electron chi connectivity index (χ3n) is 5.32. The van der Waals surface area contributed by atoms with Gasteiger partial charge in [-0.1, -0.05) is 6.07 Å². The number of ether oxygens (including phenoxy) is 3. The van der Waals surface area contributed by atoms with E-state index in [1.54, 1.807) is 31.5 Å². The van der Waals surface area contributed by atoms with E-state index in [4.69, 9.17) is 14.2 Å². The average Bonchev–Trinajstić information content (AvgIpc) is 3.36. The van der Waals surface area contributed by atoms with Crippen molar-refractivity contribution in [2.24, 2.45) is 0 Å². The average molecular weight is 477 g/mol. The first-order valence-corrected chi connectivity index (χ1v) is 11.3. The molecule has 0 spiro atoms. The quantitative estimate of drug-likeness (QED) is 0.274. The molecule has 3 heterocycles. The molecule has 0 saturated carbocycles. The van der Waals surface area contributed by atoms with Crippen molar-refractivity contribution in [2.45, 2.75) is 13.8 Å². The van der Waals surface area contributed by atoms with E-state index in [0.29, 0.717) is 29.3 Å². The Hall–Kier alpha value is -4.11. The molecule has 1 aromatic carbocycles. The van der Waals surface area contributed by atoms with Crippen LogP contribution in [0.5, 0.6) is 5.75 Å². The first-order valence-electron chi connectivity index (χ1n) is 11.3. The highest BCUT2D eigenvalue weighted by Crippen LogP contribution is 2.33. The van der Waals surface area contributed by atoms with Crippen LogP contribution in [0.1, 0.15) is 18.1 Å². The Morgan fingerprint density at radius 1 is 1.29 bits per heavy atom. The van der Waals surface area contributed by atoms with Gasteiger partial charge in [0, 0.05) is 29.9 Å². The second kappa shape index (κ2) is 10.4. The molecule has 0 aliphatic carbocycles. The van der Waals surface area contributed by atoms with E-state index in [2.05, 4.69) is 15.3 Å². The fourth-order valence-electron chi connectivity index (χ4n) is 3.56. The zero-order valence-electron chi connectivity index (χ0n) is 20.2. The summed E-state index contributed by atoms with van der Waals surface area (Å²) in [5.41, 5.74) is 2.77. The van der Waals surface area contributed by atoms with Crippen LogP contribution in [0, 0.1) is 6.92 Å². The number of nitrogens with zero attached hydrogens (tertiary/aromatic N) is 2. The largest absolute Gasteiger partial charge is 0.490 e. The summed E-state index contributed by atoms with van der Waals surface area (Å²) in [5.74, 6) is -0.738. The van der Waals surface area contributed by atoms with Gasteiger partial charge in [0.15, 0.2) is 11.3 Å². The summed E-state index contributed by atoms with van der Waals surface area (Å²) < 4.78 is 17.0. The number of pyridine rings is 1. The molecule has 9 nitrogen and oxygen atoms in total. The highest BCUT2D eigenvalue weighted by Gasteiger charge is 2.37. The molecule has 0 amide bonds. The molecule has 4 rings (SSSR count). The Morgan fingerprint density at radius 3 is 2.89 bits per heavy atom. The number of likely N-dealkylation sites (N-methyl/N-ethyl adjacent to an activating group) is 1. The zero-order valence-corrected chi connectivity index (χ0v) is 20.2. The number of ketones is 1. The molecule has 0 saturated heterocycles. The summed E-state index contributed by atoms with van der Waals surface area (Å²) in [5, 5.41) is 3.90. The second-order valence-corrected chi connectivity index (χ2v) is 8.28. The van der Waals surface area contributed by atoms with Crippen LogP contribution >= 0.6 is 0 Å². The highest BCUT2D eigenvalue weighted by molar-refractivity contribution is 6.26. The van der Waals surface area contributed by atoms with Crippen molar-refractivity contribution in [2.75, 3.05) is 39.2 Å². The van der Waals surface area contributed by atoms with Crippen LogP contribution < -0.4 is 10.1 Å². The summed E-state index contributed by atoms with van der Waals surface area (Å²) in [6.45, 7) is 4.95. The van der Waals surface area contributed by atoms with Gasteiger partial charge in [-0.25, -0.2) is 9.78 Å². The molecule has 0 bridgehead atoms. The van der Waals surface area contributed by atoms with Crippen molar-refractivity contribution < 1.29 is 23.8 Å². The number of fused-ring (bicyclic) bond motifs is 1. The van der Waals surface area contributed by atoms with E-state index in [9.17, 15) is 9.59 Å². The first-order chi connectivity index (χ1) is 16.9. The molecule has 9 heteroatoms. The lowest BCUT2D eigenvalue weighted by Gasteiger charge is -2.16. The van der Waals surface area contributed by atoms with E-state index < -0.39 is 11.8 Å². The molecule has 0 atom stereocenters. The van der Waals surface area contributed by atoms with Crippen molar-refractivity contribution in [3.8, 4) is 5.75 Å². The van der Waals surface area contributed by atoms with Gasteiger partial charge in [-0.3, -0.25) is 4.79 Å². The molecule has 1 aliphatic rings. The Labute approximate surface area is 203 Å². The molecule has 35 heavy (non-hydrogen) atoms. The molecular formula is C26H28N4O5. The number of carbonyl (C=O) groups excluding carboxylic acids is 2.